The number of hydrogen-bond donors (Lipinski definition) is 2. The van der Waals surface area contributed by atoms with Crippen LogP contribution in [0.4, 0.5) is 65.9 Å². The van der Waals surface area contributed by atoms with Gasteiger partial charge >= 0.3 is 0 Å². The zero-order valence-electron chi connectivity index (χ0n) is 30.7. The van der Waals surface area contributed by atoms with Gasteiger partial charge < -0.3 is 14.5 Å². The molecule has 2 aliphatic rings. The summed E-state index contributed by atoms with van der Waals surface area (Å²) in [5, 5.41) is 0. The molecule has 0 saturated carbocycles. The van der Waals surface area contributed by atoms with Crippen molar-refractivity contribution in [2.24, 2.45) is 7.05 Å². The number of aromatic nitrogens is 6. The molecule has 0 aliphatic carbocycles. The summed E-state index contributed by atoms with van der Waals surface area (Å²) in [6, 6.07) is 3.96. The highest BCUT2D eigenvalue weighted by Gasteiger charge is 2.34. The molecule has 0 fully saturated rings. The Morgan fingerprint density at radius 2 is 0.603 bits per heavy atom. The van der Waals surface area contributed by atoms with E-state index in [1.165, 1.54) is 36.2 Å². The quantitative estimate of drug-likeness (QED) is 0.105. The van der Waals surface area contributed by atoms with Crippen LogP contribution in [0.3, 0.4) is 0 Å². The van der Waals surface area contributed by atoms with E-state index in [1.807, 2.05) is 0 Å². The maximum absolute atomic E-state index is 15.8. The van der Waals surface area contributed by atoms with Gasteiger partial charge in [0.05, 0.1) is 50.5 Å². The maximum Gasteiger partial charge on any atom is 0.200 e. The van der Waals surface area contributed by atoms with Crippen LogP contribution >= 0.6 is 0 Å². The van der Waals surface area contributed by atoms with Crippen LogP contribution in [0.1, 0.15) is 22.8 Å². The molecule has 2 N–H and O–H groups in total. The first kappa shape index (κ1) is 40.8. The molecule has 63 heavy (non-hydrogen) atoms. The summed E-state index contributed by atoms with van der Waals surface area (Å²) in [5.41, 5.74) is -12.1. The minimum atomic E-state index is -2.61. The summed E-state index contributed by atoms with van der Waals surface area (Å²) in [7, 11) is 1.50. The lowest BCUT2D eigenvalue weighted by molar-refractivity contribution is 0.381. The fourth-order valence-electron chi connectivity index (χ4n) is 7.31. The number of aryl methyl sites for hydroxylation is 1. The molecule has 0 radical (unpaired) electrons. The summed E-state index contributed by atoms with van der Waals surface area (Å²) in [6.07, 6.45) is 6.60. The van der Waals surface area contributed by atoms with Crippen LogP contribution < -0.4 is 0 Å². The van der Waals surface area contributed by atoms with Crippen molar-refractivity contribution in [3.8, 4) is 44.8 Å². The van der Waals surface area contributed by atoms with Crippen LogP contribution in [-0.2, 0) is 7.05 Å². The number of imidazole rings is 1. The van der Waals surface area contributed by atoms with Gasteiger partial charge in [-0.1, -0.05) is 0 Å². The van der Waals surface area contributed by atoms with Crippen molar-refractivity contribution < 1.29 is 65.9 Å². The third kappa shape index (κ3) is 5.96. The Kier molecular flexibility index (Phi) is 9.40. The zero-order chi connectivity index (χ0) is 45.1. The van der Waals surface area contributed by atoms with E-state index < -0.39 is 154 Å². The minimum absolute atomic E-state index is 0.0362. The van der Waals surface area contributed by atoms with E-state index in [2.05, 4.69) is 24.9 Å². The SMILES string of the molecule is Cn1ccnc1-c1c2nc(c(-c3c(F)c(F)c(F)c(F)c3F)c3ccc([nH]3)c(-c3c(F)c(F)c(F)c(F)c3F)c3nc(c(-c4c(F)c(F)c(F)c(F)c4F)c4ccc1[nH]4)C=C3)C=C2. The second kappa shape index (κ2) is 14.5. The fraction of sp³-hybridized carbons (Fsp3) is 0.0238. The molecule has 3 aromatic carbocycles. The lowest BCUT2D eigenvalue weighted by Crippen LogP contribution is -2.06. The molecule has 0 atom stereocenters. The van der Waals surface area contributed by atoms with Crippen LogP contribution in [0, 0.1) is 87.3 Å². The summed E-state index contributed by atoms with van der Waals surface area (Å²) < 4.78 is 228. The van der Waals surface area contributed by atoms with E-state index in [1.54, 1.807) is 0 Å². The molecule has 9 rings (SSSR count). The van der Waals surface area contributed by atoms with Crippen LogP contribution in [0.15, 0.2) is 36.7 Å². The first-order chi connectivity index (χ1) is 29.9. The van der Waals surface area contributed by atoms with Gasteiger partial charge in [0.1, 0.15) is 5.82 Å². The number of H-pyrrole nitrogens is 2. The van der Waals surface area contributed by atoms with Gasteiger partial charge in [0.25, 0.3) is 0 Å². The molecule has 6 heterocycles. The number of halogens is 15. The Hall–Kier alpha value is -7.58. The Bertz CT molecular complexity index is 3280. The van der Waals surface area contributed by atoms with Gasteiger partial charge in [-0.15, -0.1) is 0 Å². The summed E-state index contributed by atoms with van der Waals surface area (Å²) in [4.78, 5) is 18.0. The lowest BCUT2D eigenvalue weighted by Gasteiger charge is -2.11. The second-order valence-electron chi connectivity index (χ2n) is 13.7. The number of aromatic amines is 2. The van der Waals surface area contributed by atoms with Crippen molar-refractivity contribution in [1.82, 2.24) is 29.5 Å². The molecule has 318 valence electrons. The molecule has 0 unspecified atom stereocenters. The van der Waals surface area contributed by atoms with Crippen molar-refractivity contribution in [3.05, 3.63) is 147 Å². The van der Waals surface area contributed by atoms with Gasteiger partial charge in [-0.05, 0) is 48.6 Å². The number of benzene rings is 3. The Labute approximate surface area is 340 Å². The van der Waals surface area contributed by atoms with Gasteiger partial charge in [0.2, 0.25) is 17.5 Å². The molecule has 0 spiro atoms. The molecular formula is C42H15F15N6. The Morgan fingerprint density at radius 1 is 0.349 bits per heavy atom. The highest BCUT2D eigenvalue weighted by atomic mass is 19.2. The molecule has 0 saturated heterocycles. The smallest absolute Gasteiger partial charge is 0.200 e. The average molecular weight is 889 g/mol. The summed E-state index contributed by atoms with van der Waals surface area (Å²) >= 11 is 0. The van der Waals surface area contributed by atoms with Crippen molar-refractivity contribution in [3.63, 3.8) is 0 Å². The van der Waals surface area contributed by atoms with Crippen molar-refractivity contribution in [2.75, 3.05) is 0 Å². The van der Waals surface area contributed by atoms with E-state index in [-0.39, 0.29) is 22.6 Å². The van der Waals surface area contributed by atoms with Crippen LogP contribution in [-0.4, -0.2) is 29.5 Å². The van der Waals surface area contributed by atoms with Gasteiger partial charge in [0, 0.05) is 52.7 Å². The largest absolute Gasteiger partial charge is 0.354 e. The molecule has 0 amide bonds. The van der Waals surface area contributed by atoms with E-state index in [4.69, 9.17) is 0 Å². The Balaban J connectivity index is 1.57. The number of hydrogen-bond acceptors (Lipinski definition) is 3. The second-order valence-corrected chi connectivity index (χ2v) is 13.7. The van der Waals surface area contributed by atoms with Crippen molar-refractivity contribution in [2.45, 2.75) is 0 Å². The summed E-state index contributed by atoms with van der Waals surface area (Å²) in [5.74, 6) is -36.7. The normalized spacial score (nSPS) is 12.3. The molecule has 21 heteroatoms. The fourth-order valence-corrected chi connectivity index (χ4v) is 7.31. The van der Waals surface area contributed by atoms with Crippen LogP contribution in [0.5, 0.6) is 0 Å². The maximum atomic E-state index is 15.8. The van der Waals surface area contributed by atoms with E-state index in [0.29, 0.717) is 0 Å². The van der Waals surface area contributed by atoms with Crippen molar-refractivity contribution in [1.29, 1.82) is 0 Å². The van der Waals surface area contributed by atoms with E-state index in [9.17, 15) is 39.5 Å². The molecule has 8 bridgehead atoms. The topological polar surface area (TPSA) is 75.2 Å². The molecule has 2 aliphatic heterocycles. The van der Waals surface area contributed by atoms with E-state index in [0.717, 1.165) is 36.4 Å². The Morgan fingerprint density at radius 3 is 0.873 bits per heavy atom. The van der Waals surface area contributed by atoms with Gasteiger partial charge in [-0.3, -0.25) is 0 Å². The van der Waals surface area contributed by atoms with Crippen LogP contribution in [0.2, 0.25) is 0 Å². The van der Waals surface area contributed by atoms with Crippen LogP contribution in [0.25, 0.3) is 91.1 Å². The number of nitrogens with zero attached hydrogens (tertiary/aromatic N) is 4. The predicted octanol–water partition coefficient (Wildman–Crippen LogP) is 12.1. The molecular weight excluding hydrogens is 873 g/mol. The lowest BCUT2D eigenvalue weighted by atomic mass is 10.0. The third-order valence-electron chi connectivity index (χ3n) is 10.2. The number of nitrogens with one attached hydrogen (secondary N) is 2. The molecule has 6 nitrogen and oxygen atoms in total. The van der Waals surface area contributed by atoms with Gasteiger partial charge in [-0.2, -0.15) is 0 Å². The first-order valence-electron chi connectivity index (χ1n) is 17.6. The van der Waals surface area contributed by atoms with Gasteiger partial charge in [0.15, 0.2) is 69.8 Å². The number of rotatable bonds is 4. The standard InChI is InChI=1S/C42H15F15N6/c1-63-11-10-58-42(63)23-18-8-6-16(61-18)21(25-29(45)35(51)40(56)36(52)30(25)46)14-4-2-12(59-14)20(24-27(43)33(49)39(55)34(50)28(24)44)13-3-5-15(60-13)22(17-7-9-19(23)62-17)26-31(47)37(53)41(57)38(54)32(26)48/h2-11,59,62H,1H3. The highest BCUT2D eigenvalue weighted by molar-refractivity contribution is 5.99. The minimum Gasteiger partial charge on any atom is -0.354 e. The monoisotopic (exact) mass is 888 g/mol. The predicted molar refractivity (Wildman–Crippen MR) is 197 cm³/mol. The van der Waals surface area contributed by atoms with Crippen molar-refractivity contribution >= 4 is 46.4 Å². The number of fused-ring (bicyclic) bond motifs is 8. The molecule has 7 aromatic rings. The first-order valence-corrected chi connectivity index (χ1v) is 17.6. The average Bonchev–Trinajstić information content (AvgIpc) is 4.14. The zero-order valence-corrected chi connectivity index (χ0v) is 30.7. The summed E-state index contributed by atoms with van der Waals surface area (Å²) in [6.45, 7) is 0. The third-order valence-corrected chi connectivity index (χ3v) is 10.2. The highest BCUT2D eigenvalue weighted by Crippen LogP contribution is 2.43. The van der Waals surface area contributed by atoms with E-state index >= 15 is 26.3 Å². The van der Waals surface area contributed by atoms with Gasteiger partial charge in [-0.25, -0.2) is 80.8 Å². The molecule has 4 aromatic heterocycles.